The Balaban J connectivity index is 1.53. The molecule has 1 atom stereocenters. The van der Waals surface area contributed by atoms with Crippen LogP contribution in [0.15, 0.2) is 95.9 Å². The van der Waals surface area contributed by atoms with Crippen LogP contribution in [-0.2, 0) is 27.8 Å². The highest BCUT2D eigenvalue weighted by Gasteiger charge is 2.40. The molecule has 4 aromatic carbocycles. The summed E-state index contributed by atoms with van der Waals surface area (Å²) in [5.74, 6) is -1.27. The number of esters is 1. The summed E-state index contributed by atoms with van der Waals surface area (Å²) in [6, 6.07) is 24.7. The Labute approximate surface area is 202 Å². The zero-order valence-electron chi connectivity index (χ0n) is 18.6. The number of nitrogens with zero attached hydrogens (tertiary/aromatic N) is 1. The van der Waals surface area contributed by atoms with Crippen molar-refractivity contribution in [2.75, 3.05) is 0 Å². The third-order valence-corrected chi connectivity index (χ3v) is 7.99. The van der Waals surface area contributed by atoms with Crippen LogP contribution in [0.3, 0.4) is 0 Å². The second-order valence-electron chi connectivity index (χ2n) is 8.36. The largest absolute Gasteiger partial charge is 0.425 e. The normalized spacial score (nSPS) is 15.9. The Morgan fingerprint density at radius 3 is 2.31 bits per heavy atom. The highest BCUT2D eigenvalue weighted by atomic mass is 32.2. The maximum atomic E-state index is 13.8. The van der Waals surface area contributed by atoms with Gasteiger partial charge in [-0.25, -0.2) is 13.2 Å². The van der Waals surface area contributed by atoms with E-state index in [4.69, 9.17) is 10.5 Å². The smallest absolute Gasteiger partial charge is 0.330 e. The van der Waals surface area contributed by atoms with Crippen molar-refractivity contribution >= 4 is 32.7 Å². The van der Waals surface area contributed by atoms with E-state index in [1.165, 1.54) is 22.5 Å². The van der Waals surface area contributed by atoms with Crippen molar-refractivity contribution in [1.29, 1.82) is 0 Å². The number of nitrogens with two attached hydrogens (primary N) is 1. The predicted octanol–water partition coefficient (Wildman–Crippen LogP) is 3.66. The summed E-state index contributed by atoms with van der Waals surface area (Å²) in [4.78, 5) is 24.9. The molecule has 0 saturated heterocycles. The molecule has 0 spiro atoms. The predicted molar refractivity (Wildman–Crippen MR) is 131 cm³/mol. The minimum absolute atomic E-state index is 0.0342. The lowest BCUT2D eigenvalue weighted by molar-refractivity contribution is -0.139. The molecule has 7 nitrogen and oxygen atoms in total. The van der Waals surface area contributed by atoms with E-state index in [0.29, 0.717) is 0 Å². The molecule has 0 saturated carbocycles. The molecule has 176 valence electrons. The van der Waals surface area contributed by atoms with Crippen molar-refractivity contribution in [3.63, 3.8) is 0 Å². The van der Waals surface area contributed by atoms with E-state index >= 15 is 0 Å². The fraction of sp³-hybridized carbons (Fsp3) is 0.111. The van der Waals surface area contributed by atoms with Gasteiger partial charge in [-0.1, -0.05) is 60.7 Å². The highest BCUT2D eigenvalue weighted by molar-refractivity contribution is 7.89. The van der Waals surface area contributed by atoms with Crippen LogP contribution in [-0.4, -0.2) is 30.6 Å². The topological polar surface area (TPSA) is 107 Å². The minimum Gasteiger partial charge on any atom is -0.425 e. The van der Waals surface area contributed by atoms with Gasteiger partial charge in [-0.3, -0.25) is 4.79 Å². The van der Waals surface area contributed by atoms with Crippen LogP contribution in [0.5, 0.6) is 5.75 Å². The number of carbonyl (C=O) groups is 2. The number of amides is 1. The third kappa shape index (κ3) is 4.41. The first-order chi connectivity index (χ1) is 16.8. The molecule has 2 N–H and O–H groups in total. The first-order valence-corrected chi connectivity index (χ1v) is 12.5. The summed E-state index contributed by atoms with van der Waals surface area (Å²) in [5.41, 5.74) is 7.22. The van der Waals surface area contributed by atoms with Gasteiger partial charge in [-0.2, -0.15) is 4.31 Å². The summed E-state index contributed by atoms with van der Waals surface area (Å²) < 4.78 is 34.3. The molecule has 8 heteroatoms. The molecule has 0 bridgehead atoms. The Morgan fingerprint density at radius 2 is 1.54 bits per heavy atom. The van der Waals surface area contributed by atoms with E-state index in [2.05, 4.69) is 0 Å². The standard InChI is InChI=1S/C27H22N2O5S/c28-26(30)21-10-5-11-23(14-21)34-27(31)25-16-20-8-3-4-9-22(20)17-29(25)35(32,33)24-13-12-18-6-1-2-7-19(18)15-24/h1-15,25H,16-17H2,(H2,28,30)/t25-/m0/s1. The molecule has 4 aromatic rings. The van der Waals surface area contributed by atoms with Crippen molar-refractivity contribution in [3.8, 4) is 5.75 Å². The van der Waals surface area contributed by atoms with E-state index in [0.717, 1.165) is 21.9 Å². The molecule has 0 unspecified atom stereocenters. The molecule has 5 rings (SSSR count). The quantitative estimate of drug-likeness (QED) is 0.342. The van der Waals surface area contributed by atoms with Crippen molar-refractivity contribution in [1.82, 2.24) is 4.31 Å². The molecule has 1 amide bonds. The van der Waals surface area contributed by atoms with E-state index in [1.54, 1.807) is 24.3 Å². The number of carbonyl (C=O) groups excluding carboxylic acids is 2. The maximum Gasteiger partial charge on any atom is 0.330 e. The first kappa shape index (κ1) is 22.8. The van der Waals surface area contributed by atoms with Crippen LogP contribution >= 0.6 is 0 Å². The monoisotopic (exact) mass is 486 g/mol. The van der Waals surface area contributed by atoms with Crippen LogP contribution in [0.25, 0.3) is 10.8 Å². The van der Waals surface area contributed by atoms with Gasteiger partial charge >= 0.3 is 5.97 Å². The summed E-state index contributed by atoms with van der Waals surface area (Å²) in [6.45, 7) is 0.0342. The van der Waals surface area contributed by atoms with Crippen molar-refractivity contribution in [3.05, 3.63) is 108 Å². The molecular formula is C27H22N2O5S. The van der Waals surface area contributed by atoms with Crippen LogP contribution in [0, 0.1) is 0 Å². The summed E-state index contributed by atoms with van der Waals surface area (Å²) >= 11 is 0. The second-order valence-corrected chi connectivity index (χ2v) is 10.3. The Hall–Kier alpha value is -4.01. The molecule has 1 aliphatic heterocycles. The van der Waals surface area contributed by atoms with Gasteiger partial charge in [0.2, 0.25) is 15.9 Å². The number of benzene rings is 4. The highest BCUT2D eigenvalue weighted by Crippen LogP contribution is 2.31. The molecular weight excluding hydrogens is 464 g/mol. The van der Waals surface area contributed by atoms with Gasteiger partial charge in [0.1, 0.15) is 11.8 Å². The number of fused-ring (bicyclic) bond motifs is 2. The molecule has 0 radical (unpaired) electrons. The van der Waals surface area contributed by atoms with Gasteiger partial charge < -0.3 is 10.5 Å². The van der Waals surface area contributed by atoms with E-state index < -0.39 is 27.9 Å². The van der Waals surface area contributed by atoms with Crippen LogP contribution in [0.2, 0.25) is 0 Å². The number of hydrogen-bond donors (Lipinski definition) is 1. The maximum absolute atomic E-state index is 13.8. The molecule has 0 aliphatic carbocycles. The fourth-order valence-corrected chi connectivity index (χ4v) is 5.90. The van der Waals surface area contributed by atoms with Gasteiger partial charge in [0, 0.05) is 18.5 Å². The van der Waals surface area contributed by atoms with Crippen molar-refractivity contribution in [2.24, 2.45) is 5.73 Å². The lowest BCUT2D eigenvalue weighted by atomic mass is 9.96. The average molecular weight is 487 g/mol. The minimum atomic E-state index is -4.05. The van der Waals surface area contributed by atoms with Crippen molar-refractivity contribution < 1.29 is 22.7 Å². The summed E-state index contributed by atoms with van der Waals surface area (Å²) in [7, 11) is -4.05. The lowest BCUT2D eigenvalue weighted by Gasteiger charge is -2.34. The summed E-state index contributed by atoms with van der Waals surface area (Å²) in [5, 5.41) is 1.70. The molecule has 1 heterocycles. The Kier molecular flexibility index (Phi) is 5.84. The molecule has 1 aliphatic rings. The SMILES string of the molecule is NC(=O)c1cccc(OC(=O)[C@@H]2Cc3ccccc3CN2S(=O)(=O)c2ccc3ccccc3c2)c1. The molecule has 35 heavy (non-hydrogen) atoms. The number of sulfonamides is 1. The Morgan fingerprint density at radius 1 is 0.829 bits per heavy atom. The first-order valence-electron chi connectivity index (χ1n) is 11.0. The van der Waals surface area contributed by atoms with E-state index in [-0.39, 0.29) is 29.2 Å². The van der Waals surface area contributed by atoms with Crippen LogP contribution < -0.4 is 10.5 Å². The number of rotatable bonds is 5. The zero-order valence-corrected chi connectivity index (χ0v) is 19.4. The van der Waals surface area contributed by atoms with Gasteiger partial charge in [0.25, 0.3) is 0 Å². The van der Waals surface area contributed by atoms with Crippen molar-refractivity contribution in [2.45, 2.75) is 23.9 Å². The zero-order chi connectivity index (χ0) is 24.6. The molecule has 0 fully saturated rings. The van der Waals surface area contributed by atoms with Gasteiger partial charge in [-0.05, 0) is 52.2 Å². The van der Waals surface area contributed by atoms with Crippen LogP contribution in [0.4, 0.5) is 0 Å². The van der Waals surface area contributed by atoms with Gasteiger partial charge in [0.15, 0.2) is 0 Å². The van der Waals surface area contributed by atoms with Gasteiger partial charge in [-0.15, -0.1) is 0 Å². The lowest BCUT2D eigenvalue weighted by Crippen LogP contribution is -2.50. The summed E-state index contributed by atoms with van der Waals surface area (Å²) in [6.07, 6.45) is 0.164. The molecule has 0 aromatic heterocycles. The third-order valence-electron chi connectivity index (χ3n) is 6.14. The van der Waals surface area contributed by atoms with E-state index in [1.807, 2.05) is 48.5 Å². The number of hydrogen-bond acceptors (Lipinski definition) is 5. The number of primary amides is 1. The van der Waals surface area contributed by atoms with E-state index in [9.17, 15) is 18.0 Å². The van der Waals surface area contributed by atoms with Gasteiger partial charge in [0.05, 0.1) is 4.90 Å². The number of ether oxygens (including phenoxy) is 1. The second kappa shape index (κ2) is 8.98. The van der Waals surface area contributed by atoms with Crippen LogP contribution in [0.1, 0.15) is 21.5 Å². The average Bonchev–Trinajstić information content (AvgIpc) is 2.87. The fourth-order valence-electron chi connectivity index (χ4n) is 4.31. The Bertz CT molecular complexity index is 1560.